The van der Waals surface area contributed by atoms with Crippen LogP contribution in [0.4, 0.5) is 0 Å². The van der Waals surface area contributed by atoms with Gasteiger partial charge in [-0.2, -0.15) is 0 Å². The first-order chi connectivity index (χ1) is 10.2. The Labute approximate surface area is 129 Å². The minimum Gasteiger partial charge on any atom is -0.390 e. The van der Waals surface area contributed by atoms with Crippen molar-refractivity contribution in [2.75, 3.05) is 0 Å². The predicted molar refractivity (Wildman–Crippen MR) is 86.1 cm³/mol. The van der Waals surface area contributed by atoms with Gasteiger partial charge in [0.2, 0.25) is 0 Å². The van der Waals surface area contributed by atoms with Crippen LogP contribution >= 0.6 is 22.7 Å². The number of carbonyl (C=O) groups is 1. The summed E-state index contributed by atoms with van der Waals surface area (Å²) in [5, 5.41) is 15.2. The van der Waals surface area contributed by atoms with Gasteiger partial charge in [-0.15, -0.1) is 22.7 Å². The van der Waals surface area contributed by atoms with Crippen LogP contribution in [-0.2, 0) is 6.42 Å². The molecule has 106 valence electrons. The molecule has 0 spiro atoms. The third-order valence-electron chi connectivity index (χ3n) is 3.85. The summed E-state index contributed by atoms with van der Waals surface area (Å²) in [4.78, 5) is 13.1. The van der Waals surface area contributed by atoms with E-state index in [9.17, 15) is 9.90 Å². The Morgan fingerprint density at radius 1 is 1.24 bits per heavy atom. The van der Waals surface area contributed by atoms with E-state index in [0.29, 0.717) is 11.3 Å². The van der Waals surface area contributed by atoms with E-state index in [0.717, 1.165) is 20.5 Å². The molecule has 4 rings (SSSR count). The number of nitrogens with one attached hydrogen (secondary N) is 1. The number of carbonyl (C=O) groups excluding carboxylic acids is 1. The van der Waals surface area contributed by atoms with Crippen LogP contribution in [0.2, 0.25) is 0 Å². The summed E-state index contributed by atoms with van der Waals surface area (Å²) in [7, 11) is 0. The van der Waals surface area contributed by atoms with Crippen molar-refractivity contribution in [3.05, 3.63) is 57.8 Å². The molecule has 0 bridgehead atoms. The molecule has 1 aliphatic carbocycles. The fourth-order valence-corrected chi connectivity index (χ4v) is 4.85. The molecule has 1 aromatic carbocycles. The lowest BCUT2D eigenvalue weighted by atomic mass is 10.1. The van der Waals surface area contributed by atoms with Crippen molar-refractivity contribution >= 4 is 38.0 Å². The van der Waals surface area contributed by atoms with Crippen molar-refractivity contribution in [1.29, 1.82) is 0 Å². The average Bonchev–Trinajstić information content (AvgIpc) is 3.12. The van der Waals surface area contributed by atoms with Gasteiger partial charge in [0.05, 0.1) is 17.0 Å². The Kier molecular flexibility index (Phi) is 3.06. The number of aliphatic hydroxyl groups excluding tert-OH is 1. The Hall–Kier alpha value is -1.69. The first-order valence-electron chi connectivity index (χ1n) is 6.76. The molecule has 2 unspecified atom stereocenters. The lowest BCUT2D eigenvalue weighted by molar-refractivity contribution is 0.0862. The molecule has 21 heavy (non-hydrogen) atoms. The molecule has 2 atom stereocenters. The molecular weight excluding hydrogens is 302 g/mol. The molecule has 2 heterocycles. The summed E-state index contributed by atoms with van der Waals surface area (Å²) in [6, 6.07) is 11.5. The summed E-state index contributed by atoms with van der Waals surface area (Å²) in [6.45, 7) is 0. The molecule has 3 nitrogen and oxygen atoms in total. The topological polar surface area (TPSA) is 49.3 Å². The van der Waals surface area contributed by atoms with Gasteiger partial charge in [0.1, 0.15) is 0 Å². The molecule has 1 aliphatic rings. The van der Waals surface area contributed by atoms with Gasteiger partial charge in [0, 0.05) is 15.8 Å². The van der Waals surface area contributed by atoms with E-state index in [1.165, 1.54) is 11.3 Å². The van der Waals surface area contributed by atoms with Crippen LogP contribution in [0.25, 0.3) is 9.40 Å². The molecule has 0 fully saturated rings. The Morgan fingerprint density at radius 3 is 2.95 bits per heavy atom. The summed E-state index contributed by atoms with van der Waals surface area (Å²) in [6.07, 6.45) is 0.0492. The van der Waals surface area contributed by atoms with Crippen molar-refractivity contribution < 1.29 is 9.90 Å². The van der Waals surface area contributed by atoms with Crippen LogP contribution in [-0.4, -0.2) is 17.1 Å². The van der Waals surface area contributed by atoms with E-state index >= 15 is 0 Å². The van der Waals surface area contributed by atoms with Gasteiger partial charge < -0.3 is 10.4 Å². The van der Waals surface area contributed by atoms with Crippen LogP contribution in [0.3, 0.4) is 0 Å². The third kappa shape index (κ3) is 2.18. The minimum absolute atomic E-state index is 0.107. The van der Waals surface area contributed by atoms with Gasteiger partial charge >= 0.3 is 0 Å². The minimum atomic E-state index is -0.549. The number of hydrogen-bond donors (Lipinski definition) is 2. The maximum atomic E-state index is 12.4. The summed E-state index contributed by atoms with van der Waals surface area (Å²) in [5.74, 6) is -0.107. The van der Waals surface area contributed by atoms with E-state index in [4.69, 9.17) is 0 Å². The van der Waals surface area contributed by atoms with E-state index in [1.807, 2.05) is 41.8 Å². The lowest BCUT2D eigenvalue weighted by Gasteiger charge is -2.17. The maximum Gasteiger partial charge on any atom is 0.261 e. The van der Waals surface area contributed by atoms with Crippen LogP contribution in [0, 0.1) is 0 Å². The highest BCUT2D eigenvalue weighted by atomic mass is 32.1. The molecule has 0 radical (unpaired) electrons. The number of aliphatic hydroxyl groups is 1. The number of benzene rings is 1. The monoisotopic (exact) mass is 315 g/mol. The first kappa shape index (κ1) is 13.0. The Bertz CT molecular complexity index is 792. The quantitative estimate of drug-likeness (QED) is 0.762. The first-order valence-corrected chi connectivity index (χ1v) is 8.46. The molecule has 3 aromatic rings. The molecule has 2 aromatic heterocycles. The van der Waals surface area contributed by atoms with Gasteiger partial charge in [-0.05, 0) is 28.6 Å². The molecule has 0 aliphatic heterocycles. The summed E-state index contributed by atoms with van der Waals surface area (Å²) < 4.78 is 2.27. The number of amides is 1. The normalized spacial score (nSPS) is 20.6. The lowest BCUT2D eigenvalue weighted by Crippen LogP contribution is -2.33. The van der Waals surface area contributed by atoms with Gasteiger partial charge in [-0.25, -0.2) is 0 Å². The van der Waals surface area contributed by atoms with E-state index in [1.54, 1.807) is 11.3 Å². The zero-order valence-electron chi connectivity index (χ0n) is 11.1. The van der Waals surface area contributed by atoms with E-state index < -0.39 is 6.10 Å². The highest BCUT2D eigenvalue weighted by molar-refractivity contribution is 7.27. The van der Waals surface area contributed by atoms with Crippen molar-refractivity contribution in [3.63, 3.8) is 0 Å². The van der Waals surface area contributed by atoms with Crippen molar-refractivity contribution in [3.8, 4) is 0 Å². The second-order valence-corrected chi connectivity index (χ2v) is 7.21. The van der Waals surface area contributed by atoms with Crippen LogP contribution in [0.5, 0.6) is 0 Å². The molecule has 5 heteroatoms. The Balaban J connectivity index is 1.61. The number of fused-ring (bicyclic) bond motifs is 2. The Morgan fingerprint density at radius 2 is 2.10 bits per heavy atom. The molecular formula is C16H13NO2S2. The molecule has 0 saturated heterocycles. The average molecular weight is 315 g/mol. The molecule has 2 N–H and O–H groups in total. The number of thiophene rings is 2. The number of hydrogen-bond acceptors (Lipinski definition) is 4. The zero-order valence-corrected chi connectivity index (χ0v) is 12.7. The van der Waals surface area contributed by atoms with Crippen molar-refractivity contribution in [1.82, 2.24) is 5.32 Å². The van der Waals surface area contributed by atoms with Gasteiger partial charge in [-0.3, -0.25) is 4.79 Å². The predicted octanol–water partition coefficient (Wildman–Crippen LogP) is 3.35. The van der Waals surface area contributed by atoms with Crippen LogP contribution < -0.4 is 5.32 Å². The smallest absolute Gasteiger partial charge is 0.261 e. The number of rotatable bonds is 2. The van der Waals surface area contributed by atoms with Crippen LogP contribution in [0.15, 0.2) is 41.8 Å². The zero-order chi connectivity index (χ0) is 14.4. The molecule has 1 amide bonds. The van der Waals surface area contributed by atoms with E-state index in [-0.39, 0.29) is 11.9 Å². The van der Waals surface area contributed by atoms with Crippen LogP contribution in [0.1, 0.15) is 26.8 Å². The fraction of sp³-hybridized carbons (Fsp3) is 0.188. The SMILES string of the molecule is O=C(NC1c2ccccc2CC1O)c1cc2sccc2s1. The summed E-state index contributed by atoms with van der Waals surface area (Å²) in [5.41, 5.74) is 2.14. The highest BCUT2D eigenvalue weighted by Gasteiger charge is 2.32. The van der Waals surface area contributed by atoms with Gasteiger partial charge in [0.25, 0.3) is 5.91 Å². The summed E-state index contributed by atoms with van der Waals surface area (Å²) >= 11 is 3.13. The largest absolute Gasteiger partial charge is 0.390 e. The fourth-order valence-electron chi connectivity index (χ4n) is 2.84. The highest BCUT2D eigenvalue weighted by Crippen LogP contribution is 2.33. The van der Waals surface area contributed by atoms with Crippen molar-refractivity contribution in [2.24, 2.45) is 0 Å². The van der Waals surface area contributed by atoms with Gasteiger partial charge in [0.15, 0.2) is 0 Å². The third-order valence-corrected chi connectivity index (χ3v) is 5.95. The second-order valence-electron chi connectivity index (χ2n) is 5.18. The molecule has 0 saturated carbocycles. The maximum absolute atomic E-state index is 12.4. The standard InChI is InChI=1S/C16H13NO2S2/c18-11-7-9-3-1-2-4-10(9)15(11)17-16(19)14-8-13-12(21-14)5-6-20-13/h1-6,8,11,15,18H,7H2,(H,17,19). The van der Waals surface area contributed by atoms with Crippen molar-refractivity contribution in [2.45, 2.75) is 18.6 Å². The van der Waals surface area contributed by atoms with E-state index in [2.05, 4.69) is 5.32 Å². The second kappa shape index (κ2) is 4.94. The van der Waals surface area contributed by atoms with Gasteiger partial charge in [-0.1, -0.05) is 24.3 Å².